The second kappa shape index (κ2) is 6.58. The molecule has 0 amide bonds. The van der Waals surface area contributed by atoms with Crippen LogP contribution in [0.2, 0.25) is 0 Å². The van der Waals surface area contributed by atoms with Crippen LogP contribution < -0.4 is 5.32 Å². The summed E-state index contributed by atoms with van der Waals surface area (Å²) in [5, 5.41) is 10.5. The van der Waals surface area contributed by atoms with Crippen LogP contribution in [0.25, 0.3) is 0 Å². The summed E-state index contributed by atoms with van der Waals surface area (Å²) in [5.41, 5.74) is 2.56. The summed E-state index contributed by atoms with van der Waals surface area (Å²) in [6.07, 6.45) is 8.41. The number of aromatic nitrogens is 2. The minimum Gasteiger partial charge on any atom is -0.313 e. The van der Waals surface area contributed by atoms with E-state index < -0.39 is 0 Å². The molecule has 2 aromatic heterocycles. The Labute approximate surface area is 137 Å². The first-order valence-electron chi connectivity index (χ1n) is 7.21. The van der Waals surface area contributed by atoms with Crippen LogP contribution in [0, 0.1) is 2.88 Å². The van der Waals surface area contributed by atoms with Crippen molar-refractivity contribution in [2.45, 2.75) is 44.2 Å². The van der Waals surface area contributed by atoms with Crippen LogP contribution in [0.1, 0.15) is 49.0 Å². The van der Waals surface area contributed by atoms with Crippen molar-refractivity contribution in [3.63, 3.8) is 0 Å². The number of nitrogens with zero attached hydrogens (tertiary/aromatic N) is 2. The van der Waals surface area contributed by atoms with E-state index in [9.17, 15) is 0 Å². The summed E-state index contributed by atoms with van der Waals surface area (Å²) in [4.78, 5) is 0. The van der Waals surface area contributed by atoms with Crippen LogP contribution in [-0.4, -0.2) is 16.8 Å². The third kappa shape index (κ3) is 3.26. The van der Waals surface area contributed by atoms with Gasteiger partial charge in [-0.3, -0.25) is 4.68 Å². The van der Waals surface area contributed by atoms with Gasteiger partial charge in [-0.2, -0.15) is 5.10 Å². The van der Waals surface area contributed by atoms with E-state index in [1.165, 1.54) is 39.8 Å². The van der Waals surface area contributed by atoms with Crippen molar-refractivity contribution in [1.29, 1.82) is 0 Å². The van der Waals surface area contributed by atoms with E-state index in [0.29, 0.717) is 12.1 Å². The second-order valence-electron chi connectivity index (χ2n) is 5.45. The minimum absolute atomic E-state index is 0.363. The molecule has 2 heterocycles. The molecule has 5 heteroatoms. The highest BCUT2D eigenvalue weighted by atomic mass is 127. The van der Waals surface area contributed by atoms with E-state index in [0.717, 1.165) is 6.42 Å². The van der Waals surface area contributed by atoms with E-state index >= 15 is 0 Å². The molecular formula is C15H20IN3S. The van der Waals surface area contributed by atoms with Crippen molar-refractivity contribution < 1.29 is 0 Å². The molecule has 1 unspecified atom stereocenters. The van der Waals surface area contributed by atoms with Gasteiger partial charge >= 0.3 is 0 Å². The molecule has 3 rings (SSSR count). The fraction of sp³-hybridized carbons (Fsp3) is 0.533. The lowest BCUT2D eigenvalue weighted by molar-refractivity contribution is 0.459. The molecule has 3 nitrogen and oxygen atoms in total. The summed E-state index contributed by atoms with van der Waals surface area (Å²) >= 11 is 4.19. The van der Waals surface area contributed by atoms with Gasteiger partial charge in [-0.15, -0.1) is 11.3 Å². The predicted octanol–water partition coefficient (Wildman–Crippen LogP) is 4.17. The molecular weight excluding hydrogens is 381 g/mol. The molecule has 108 valence electrons. The Kier molecular flexibility index (Phi) is 4.78. The third-order valence-electron chi connectivity index (χ3n) is 4.11. The van der Waals surface area contributed by atoms with Crippen LogP contribution in [0.4, 0.5) is 0 Å². The first-order chi connectivity index (χ1) is 9.76. The lowest BCUT2D eigenvalue weighted by Gasteiger charge is -2.13. The normalized spacial score (nSPS) is 17.7. The molecule has 0 spiro atoms. The first kappa shape index (κ1) is 14.5. The average Bonchev–Trinajstić information content (AvgIpc) is 3.16. The van der Waals surface area contributed by atoms with Crippen LogP contribution in [0.3, 0.4) is 0 Å². The van der Waals surface area contributed by atoms with Crippen molar-refractivity contribution in [2.75, 3.05) is 7.05 Å². The number of likely N-dealkylation sites (N-methyl/N-ethyl adjacent to an activating group) is 1. The number of halogens is 1. The first-order valence-corrected chi connectivity index (χ1v) is 9.17. The summed E-state index contributed by atoms with van der Waals surface area (Å²) < 4.78 is 3.53. The van der Waals surface area contributed by atoms with Crippen molar-refractivity contribution in [2.24, 2.45) is 0 Å². The highest BCUT2D eigenvalue weighted by molar-refractivity contribution is 14.1. The molecule has 0 aromatic carbocycles. The van der Waals surface area contributed by atoms with Gasteiger partial charge in [0.1, 0.15) is 0 Å². The van der Waals surface area contributed by atoms with Gasteiger partial charge in [0, 0.05) is 18.7 Å². The number of rotatable bonds is 5. The fourth-order valence-electron chi connectivity index (χ4n) is 2.96. The molecule has 1 saturated carbocycles. The molecule has 1 N–H and O–H groups in total. The smallest absolute Gasteiger partial charge is 0.0656 e. The number of nitrogens with one attached hydrogen (secondary N) is 1. The number of thiophene rings is 1. The Morgan fingerprint density at radius 2 is 2.30 bits per heavy atom. The van der Waals surface area contributed by atoms with E-state index in [4.69, 9.17) is 5.10 Å². The number of hydrogen-bond donors (Lipinski definition) is 1. The molecule has 1 fully saturated rings. The monoisotopic (exact) mass is 401 g/mol. The molecule has 2 aromatic rings. The molecule has 0 aliphatic heterocycles. The summed E-state index contributed by atoms with van der Waals surface area (Å²) in [5.74, 6) is 0. The maximum atomic E-state index is 4.79. The van der Waals surface area contributed by atoms with Crippen molar-refractivity contribution >= 4 is 33.9 Å². The largest absolute Gasteiger partial charge is 0.313 e. The Hall–Kier alpha value is -0.400. The predicted molar refractivity (Wildman–Crippen MR) is 92.3 cm³/mol. The molecule has 0 saturated heterocycles. The molecule has 1 aliphatic carbocycles. The van der Waals surface area contributed by atoms with E-state index in [1.54, 1.807) is 11.3 Å². The standard InChI is InChI=1S/C15H20IN3S/c1-17-14(11-8-15(16)20-10-11)9-12-6-7-19(18-12)13-4-2-3-5-13/h6-8,10,13-14,17H,2-5,9H2,1H3. The lowest BCUT2D eigenvalue weighted by atomic mass is 10.1. The number of hydrogen-bond acceptors (Lipinski definition) is 3. The fourth-order valence-corrected chi connectivity index (χ4v) is 4.39. The van der Waals surface area contributed by atoms with Gasteiger partial charge in [0.15, 0.2) is 0 Å². The zero-order valence-electron chi connectivity index (χ0n) is 11.7. The van der Waals surface area contributed by atoms with Gasteiger partial charge in [-0.25, -0.2) is 0 Å². The molecule has 0 radical (unpaired) electrons. The quantitative estimate of drug-likeness (QED) is 0.763. The summed E-state index contributed by atoms with van der Waals surface area (Å²) in [6.45, 7) is 0. The SMILES string of the molecule is CNC(Cc1ccn(C2CCCC2)n1)c1csc(I)c1. The highest BCUT2D eigenvalue weighted by Gasteiger charge is 2.19. The van der Waals surface area contributed by atoms with Gasteiger partial charge in [0.05, 0.1) is 14.6 Å². The van der Waals surface area contributed by atoms with Gasteiger partial charge in [0.2, 0.25) is 0 Å². The average molecular weight is 401 g/mol. The van der Waals surface area contributed by atoms with Crippen molar-refractivity contribution in [3.05, 3.63) is 37.9 Å². The van der Waals surface area contributed by atoms with Gasteiger partial charge in [-0.1, -0.05) is 12.8 Å². The second-order valence-corrected chi connectivity index (χ2v) is 8.26. The van der Waals surface area contributed by atoms with E-state index in [1.807, 2.05) is 7.05 Å². The zero-order valence-corrected chi connectivity index (χ0v) is 14.7. The van der Waals surface area contributed by atoms with E-state index in [2.05, 4.69) is 56.3 Å². The van der Waals surface area contributed by atoms with Crippen LogP contribution in [0.5, 0.6) is 0 Å². The Morgan fingerprint density at radius 3 is 2.95 bits per heavy atom. The maximum Gasteiger partial charge on any atom is 0.0656 e. The maximum absolute atomic E-state index is 4.79. The lowest BCUT2D eigenvalue weighted by Crippen LogP contribution is -2.18. The molecule has 20 heavy (non-hydrogen) atoms. The van der Waals surface area contributed by atoms with Crippen LogP contribution in [-0.2, 0) is 6.42 Å². The van der Waals surface area contributed by atoms with Crippen molar-refractivity contribution in [3.8, 4) is 0 Å². The van der Waals surface area contributed by atoms with E-state index in [-0.39, 0.29) is 0 Å². The zero-order chi connectivity index (χ0) is 13.9. The molecule has 1 atom stereocenters. The Bertz CT molecular complexity index is 557. The Balaban J connectivity index is 1.69. The van der Waals surface area contributed by atoms with Gasteiger partial charge in [-0.05, 0) is 65.6 Å². The molecule has 0 bridgehead atoms. The minimum atomic E-state index is 0.363. The van der Waals surface area contributed by atoms with Gasteiger partial charge < -0.3 is 5.32 Å². The highest BCUT2D eigenvalue weighted by Crippen LogP contribution is 2.29. The summed E-state index contributed by atoms with van der Waals surface area (Å²) in [7, 11) is 2.03. The Morgan fingerprint density at radius 1 is 1.50 bits per heavy atom. The topological polar surface area (TPSA) is 29.9 Å². The third-order valence-corrected chi connectivity index (χ3v) is 5.92. The van der Waals surface area contributed by atoms with Gasteiger partial charge in [0.25, 0.3) is 0 Å². The summed E-state index contributed by atoms with van der Waals surface area (Å²) in [6, 6.07) is 5.45. The molecule has 1 aliphatic rings. The van der Waals surface area contributed by atoms with Crippen molar-refractivity contribution in [1.82, 2.24) is 15.1 Å². The van der Waals surface area contributed by atoms with Crippen LogP contribution in [0.15, 0.2) is 23.7 Å². The van der Waals surface area contributed by atoms with Crippen LogP contribution >= 0.6 is 33.9 Å².